The van der Waals surface area contributed by atoms with Gasteiger partial charge in [0, 0.05) is 17.1 Å². The maximum absolute atomic E-state index is 13.8. The van der Waals surface area contributed by atoms with Crippen molar-refractivity contribution in [3.63, 3.8) is 0 Å². The molecule has 7 nitrogen and oxygen atoms in total. The first kappa shape index (κ1) is 27.0. The fourth-order valence-corrected chi connectivity index (χ4v) is 5.85. The van der Waals surface area contributed by atoms with Crippen molar-refractivity contribution in [2.75, 3.05) is 16.0 Å². The van der Waals surface area contributed by atoms with Gasteiger partial charge in [0.05, 0.1) is 10.6 Å². The smallest absolute Gasteiger partial charge is 0.296 e. The first-order valence-electron chi connectivity index (χ1n) is 11.7. The summed E-state index contributed by atoms with van der Waals surface area (Å²) < 4.78 is 47.1. The Morgan fingerprint density at radius 1 is 0.919 bits per heavy atom. The molecule has 194 valence electrons. The number of benzene rings is 3. The molecule has 0 aliphatic heterocycles. The average Bonchev–Trinajstić information content (AvgIpc) is 2.85. The molecule has 1 fully saturated rings. The van der Waals surface area contributed by atoms with Gasteiger partial charge < -0.3 is 16.0 Å². The molecule has 3 aromatic rings. The molecule has 1 aliphatic rings. The Bertz CT molecular complexity index is 1430. The van der Waals surface area contributed by atoms with Gasteiger partial charge in [0.25, 0.3) is 16.0 Å². The minimum Gasteiger partial charge on any atom is -0.332 e. The highest BCUT2D eigenvalue weighted by atomic mass is 35.5. The zero-order valence-corrected chi connectivity index (χ0v) is 22.0. The molecular formula is C26H25ClFN3O4S2. The van der Waals surface area contributed by atoms with E-state index >= 15 is 0 Å². The summed E-state index contributed by atoms with van der Waals surface area (Å²) in [6, 6.07) is 15.2. The summed E-state index contributed by atoms with van der Waals surface area (Å²) in [6.45, 7) is 0. The average molecular weight is 562 g/mol. The molecule has 0 atom stereocenters. The third-order valence-corrected chi connectivity index (χ3v) is 7.82. The molecule has 1 amide bonds. The number of carbonyl (C=O) groups excluding carboxylic acids is 1. The van der Waals surface area contributed by atoms with Gasteiger partial charge in [-0.25, -0.2) is 4.39 Å². The highest BCUT2D eigenvalue weighted by Crippen LogP contribution is 2.43. The second-order valence-electron chi connectivity index (χ2n) is 8.74. The molecule has 0 heterocycles. The SMILES string of the molecule is O=C(Nc1ccc(NC(=S)Nc2ccc(S(=O)(=O)O)c(Cl)c2C2CCCCC2)cc1)c1ccccc1F. The van der Waals surface area contributed by atoms with E-state index in [1.807, 2.05) is 0 Å². The molecule has 4 N–H and O–H groups in total. The molecule has 0 radical (unpaired) electrons. The first-order chi connectivity index (χ1) is 17.6. The quantitative estimate of drug-likeness (QED) is 0.193. The van der Waals surface area contributed by atoms with Crippen molar-refractivity contribution in [3.8, 4) is 0 Å². The molecule has 4 rings (SSSR count). The lowest BCUT2D eigenvalue weighted by molar-refractivity contribution is 0.102. The van der Waals surface area contributed by atoms with Crippen LogP contribution in [0, 0.1) is 5.82 Å². The van der Waals surface area contributed by atoms with Crippen LogP contribution in [0.1, 0.15) is 53.9 Å². The van der Waals surface area contributed by atoms with Gasteiger partial charge in [-0.05, 0) is 85.1 Å². The standard InChI is InChI=1S/C26H25ClFN3O4S2/c27-24-22(37(33,34)35)15-14-21(23(24)16-6-2-1-3-7-16)31-26(36)30-18-12-10-17(11-13-18)29-25(32)19-8-4-5-9-20(19)28/h4-5,8-16H,1-3,6-7H2,(H,29,32)(H2,30,31,36)(H,33,34,35). The molecule has 0 unspecified atom stereocenters. The van der Waals surface area contributed by atoms with Crippen LogP contribution in [0.25, 0.3) is 0 Å². The van der Waals surface area contributed by atoms with Crippen LogP contribution in [0.15, 0.2) is 65.6 Å². The summed E-state index contributed by atoms with van der Waals surface area (Å²) in [5, 5.41) is 9.03. The van der Waals surface area contributed by atoms with E-state index in [-0.39, 0.29) is 26.5 Å². The van der Waals surface area contributed by atoms with E-state index in [1.54, 1.807) is 36.4 Å². The molecule has 0 aromatic heterocycles. The minimum absolute atomic E-state index is 0.00264. The van der Waals surface area contributed by atoms with Crippen molar-refractivity contribution < 1.29 is 22.2 Å². The normalized spacial score (nSPS) is 14.1. The molecule has 0 saturated heterocycles. The number of hydrogen-bond donors (Lipinski definition) is 4. The summed E-state index contributed by atoms with van der Waals surface area (Å²) >= 11 is 12.0. The Morgan fingerprint density at radius 2 is 1.54 bits per heavy atom. The minimum atomic E-state index is -4.48. The van der Waals surface area contributed by atoms with Crippen LogP contribution in [0.5, 0.6) is 0 Å². The van der Waals surface area contributed by atoms with Crippen LogP contribution in [-0.2, 0) is 10.1 Å². The topological polar surface area (TPSA) is 108 Å². The maximum Gasteiger partial charge on any atom is 0.296 e. The fourth-order valence-electron chi connectivity index (χ4n) is 4.44. The number of nitrogens with one attached hydrogen (secondary N) is 3. The Morgan fingerprint density at radius 3 is 2.16 bits per heavy atom. The summed E-state index contributed by atoms with van der Waals surface area (Å²) in [5.74, 6) is -1.13. The fraction of sp³-hybridized carbons (Fsp3) is 0.231. The van der Waals surface area contributed by atoms with E-state index in [2.05, 4.69) is 16.0 Å². The Balaban J connectivity index is 1.47. The Kier molecular flexibility index (Phi) is 8.43. The third-order valence-electron chi connectivity index (χ3n) is 6.20. The highest BCUT2D eigenvalue weighted by molar-refractivity contribution is 7.86. The summed E-state index contributed by atoms with van der Waals surface area (Å²) in [5.41, 5.74) is 2.23. The van der Waals surface area contributed by atoms with Gasteiger partial charge >= 0.3 is 0 Å². The zero-order valence-electron chi connectivity index (χ0n) is 19.6. The number of anilines is 3. The van der Waals surface area contributed by atoms with Gasteiger partial charge in [-0.1, -0.05) is 43.0 Å². The van der Waals surface area contributed by atoms with E-state index < -0.39 is 21.8 Å². The van der Waals surface area contributed by atoms with E-state index in [9.17, 15) is 22.2 Å². The lowest BCUT2D eigenvalue weighted by Crippen LogP contribution is -2.21. The van der Waals surface area contributed by atoms with Crippen molar-refractivity contribution in [3.05, 3.63) is 82.6 Å². The van der Waals surface area contributed by atoms with Crippen LogP contribution in [0.3, 0.4) is 0 Å². The second kappa shape index (κ2) is 11.6. The number of rotatable bonds is 6. The van der Waals surface area contributed by atoms with Crippen molar-refractivity contribution in [2.45, 2.75) is 42.9 Å². The van der Waals surface area contributed by atoms with E-state index in [4.69, 9.17) is 23.8 Å². The van der Waals surface area contributed by atoms with Crippen molar-refractivity contribution in [2.24, 2.45) is 0 Å². The number of amides is 1. The number of carbonyl (C=O) groups is 1. The lowest BCUT2D eigenvalue weighted by Gasteiger charge is -2.26. The third kappa shape index (κ3) is 6.64. The molecule has 0 bridgehead atoms. The van der Waals surface area contributed by atoms with E-state index in [0.29, 0.717) is 22.6 Å². The Hall–Kier alpha value is -3.05. The number of hydrogen-bond acceptors (Lipinski definition) is 4. The van der Waals surface area contributed by atoms with Gasteiger partial charge in [-0.3, -0.25) is 9.35 Å². The molecule has 1 saturated carbocycles. The predicted octanol–water partition coefficient (Wildman–Crippen LogP) is 6.83. The van der Waals surface area contributed by atoms with Crippen LogP contribution in [-0.4, -0.2) is 24.0 Å². The largest absolute Gasteiger partial charge is 0.332 e. The zero-order chi connectivity index (χ0) is 26.6. The predicted molar refractivity (Wildman–Crippen MR) is 148 cm³/mol. The molecular weight excluding hydrogens is 537 g/mol. The van der Waals surface area contributed by atoms with Crippen LogP contribution < -0.4 is 16.0 Å². The monoisotopic (exact) mass is 561 g/mol. The summed E-state index contributed by atoms with van der Waals surface area (Å²) in [7, 11) is -4.48. The van der Waals surface area contributed by atoms with E-state index in [0.717, 1.165) is 32.1 Å². The summed E-state index contributed by atoms with van der Waals surface area (Å²) in [4.78, 5) is 12.0. The van der Waals surface area contributed by atoms with Gasteiger partial charge in [-0.2, -0.15) is 8.42 Å². The maximum atomic E-state index is 13.8. The highest BCUT2D eigenvalue weighted by Gasteiger charge is 2.27. The van der Waals surface area contributed by atoms with Crippen molar-refractivity contribution in [1.29, 1.82) is 0 Å². The molecule has 37 heavy (non-hydrogen) atoms. The van der Waals surface area contributed by atoms with E-state index in [1.165, 1.54) is 24.3 Å². The van der Waals surface area contributed by atoms with Gasteiger partial charge in [0.15, 0.2) is 5.11 Å². The molecule has 1 aliphatic carbocycles. The Labute approximate surface area is 225 Å². The van der Waals surface area contributed by atoms with Gasteiger partial charge in [0.2, 0.25) is 0 Å². The van der Waals surface area contributed by atoms with Gasteiger partial charge in [0.1, 0.15) is 10.7 Å². The number of halogens is 2. The van der Waals surface area contributed by atoms with Crippen molar-refractivity contribution >= 4 is 62.0 Å². The molecule has 11 heteroatoms. The first-order valence-corrected chi connectivity index (χ1v) is 13.9. The number of thiocarbonyl (C=S) groups is 1. The van der Waals surface area contributed by atoms with Gasteiger partial charge in [-0.15, -0.1) is 0 Å². The van der Waals surface area contributed by atoms with Crippen LogP contribution >= 0.6 is 23.8 Å². The second-order valence-corrected chi connectivity index (χ2v) is 10.9. The summed E-state index contributed by atoms with van der Waals surface area (Å²) in [6.07, 6.45) is 4.80. The lowest BCUT2D eigenvalue weighted by atomic mass is 9.83. The van der Waals surface area contributed by atoms with Crippen LogP contribution in [0.4, 0.5) is 21.5 Å². The van der Waals surface area contributed by atoms with Crippen LogP contribution in [0.2, 0.25) is 5.02 Å². The molecule has 0 spiro atoms. The van der Waals surface area contributed by atoms with Crippen molar-refractivity contribution in [1.82, 2.24) is 0 Å². The molecule has 3 aromatic carbocycles.